The lowest BCUT2D eigenvalue weighted by molar-refractivity contribution is -0.375. The van der Waals surface area contributed by atoms with Crippen molar-refractivity contribution in [2.24, 2.45) is 0 Å². The molecular weight excluding hydrogens is 945 g/mol. The first-order chi connectivity index (χ1) is 35.2. The van der Waals surface area contributed by atoms with E-state index in [0.717, 1.165) is 0 Å². The molecule has 5 unspecified atom stereocenters. The molecular formula is C56H50O15S. The zero-order valence-electron chi connectivity index (χ0n) is 38.8. The third-order valence-corrected chi connectivity index (χ3v) is 13.0. The summed E-state index contributed by atoms with van der Waals surface area (Å²) < 4.78 is 64.6. The molecule has 0 radical (unpaired) electrons. The highest BCUT2D eigenvalue weighted by Crippen LogP contribution is 2.41. The summed E-state index contributed by atoms with van der Waals surface area (Å²) in [7, 11) is 0. The molecule has 16 heteroatoms. The molecule has 3 aliphatic rings. The molecule has 0 amide bonds. The van der Waals surface area contributed by atoms with E-state index in [2.05, 4.69) is 0 Å². The van der Waals surface area contributed by atoms with Crippen molar-refractivity contribution in [3.05, 3.63) is 215 Å². The van der Waals surface area contributed by atoms with Crippen LogP contribution in [0, 0.1) is 0 Å². The van der Waals surface area contributed by atoms with E-state index in [4.69, 9.17) is 47.4 Å². The molecule has 0 aromatic heterocycles. The van der Waals surface area contributed by atoms with E-state index in [1.165, 1.54) is 11.8 Å². The van der Waals surface area contributed by atoms with Gasteiger partial charge in [-0.15, -0.1) is 11.8 Å². The molecule has 3 heterocycles. The van der Waals surface area contributed by atoms with Gasteiger partial charge in [0.2, 0.25) is 0 Å². The Kier molecular flexibility index (Phi) is 16.5. The van der Waals surface area contributed by atoms with Crippen LogP contribution in [-0.2, 0) is 47.4 Å². The van der Waals surface area contributed by atoms with Crippen molar-refractivity contribution in [3.8, 4) is 0 Å². The topological polar surface area (TPSA) is 178 Å². The van der Waals surface area contributed by atoms with Crippen molar-refractivity contribution < 1.29 is 71.3 Å². The molecule has 3 fully saturated rings. The highest BCUT2D eigenvalue weighted by molar-refractivity contribution is 7.99. The summed E-state index contributed by atoms with van der Waals surface area (Å²) in [6, 6.07) is 50.2. The molecule has 0 aliphatic carbocycles. The van der Waals surface area contributed by atoms with Gasteiger partial charge >= 0.3 is 29.8 Å². The summed E-state index contributed by atoms with van der Waals surface area (Å²) in [4.78, 5) is 70.6. The Balaban J connectivity index is 1.15. The number of hydrogen-bond acceptors (Lipinski definition) is 16. The van der Waals surface area contributed by atoms with Crippen LogP contribution < -0.4 is 0 Å². The van der Waals surface area contributed by atoms with Crippen molar-refractivity contribution in [1.82, 2.24) is 0 Å². The maximum Gasteiger partial charge on any atom is 0.338 e. The average molecular weight is 995 g/mol. The molecule has 3 saturated heterocycles. The molecule has 0 spiro atoms. The lowest BCUT2D eigenvalue weighted by Gasteiger charge is -2.50. The molecule has 0 N–H and O–H groups in total. The predicted octanol–water partition coefficient (Wildman–Crippen LogP) is 8.45. The van der Waals surface area contributed by atoms with Gasteiger partial charge in [-0.25, -0.2) is 24.0 Å². The summed E-state index contributed by atoms with van der Waals surface area (Å²) in [5.41, 5.74) is 0.568. The SMILES string of the molecule is CCS[C@H]1O[C@@H](COC(=O)c2ccccc2)[C@@H](O[C@H]2O[C@H]3COC(c4ccccc4)O[C@H]3C(OC(=O)c3ccccc3)C2OC(=O)c2ccccc2)C(OC(=O)c2ccccc2)C1OC(=O)c1ccccc1. The second kappa shape index (κ2) is 23.8. The fourth-order valence-electron chi connectivity index (χ4n) is 8.46. The van der Waals surface area contributed by atoms with Gasteiger partial charge in [-0.1, -0.05) is 128 Å². The molecule has 6 aromatic rings. The zero-order chi connectivity index (χ0) is 49.8. The minimum Gasteiger partial charge on any atom is -0.459 e. The predicted molar refractivity (Wildman–Crippen MR) is 260 cm³/mol. The van der Waals surface area contributed by atoms with Crippen molar-refractivity contribution in [3.63, 3.8) is 0 Å². The quantitative estimate of drug-likeness (QED) is 0.0666. The van der Waals surface area contributed by atoms with Crippen LogP contribution >= 0.6 is 11.8 Å². The van der Waals surface area contributed by atoms with Crippen molar-refractivity contribution in [1.29, 1.82) is 0 Å². The van der Waals surface area contributed by atoms with Gasteiger partial charge in [-0.05, 0) is 66.4 Å². The molecule has 15 nitrogen and oxygen atoms in total. The van der Waals surface area contributed by atoms with Gasteiger partial charge in [-0.2, -0.15) is 0 Å². The highest BCUT2D eigenvalue weighted by Gasteiger charge is 2.58. The Labute approximate surface area is 419 Å². The van der Waals surface area contributed by atoms with Gasteiger partial charge < -0.3 is 47.4 Å². The average Bonchev–Trinajstić information content (AvgIpc) is 3.43. The number of thioether (sulfide) groups is 1. The summed E-state index contributed by atoms with van der Waals surface area (Å²) >= 11 is 1.25. The van der Waals surface area contributed by atoms with E-state index >= 15 is 0 Å². The smallest absolute Gasteiger partial charge is 0.338 e. The van der Waals surface area contributed by atoms with Gasteiger partial charge in [0, 0.05) is 5.56 Å². The fourth-order valence-corrected chi connectivity index (χ4v) is 9.41. The number of hydrogen-bond donors (Lipinski definition) is 0. The molecule has 370 valence electrons. The second-order valence-corrected chi connectivity index (χ2v) is 18.1. The number of carbonyl (C=O) groups is 5. The maximum atomic E-state index is 14.3. The van der Waals surface area contributed by atoms with Crippen molar-refractivity contribution >= 4 is 41.6 Å². The lowest BCUT2D eigenvalue weighted by Crippen LogP contribution is -2.67. The molecule has 6 aromatic carbocycles. The first-order valence-electron chi connectivity index (χ1n) is 23.4. The Morgan fingerprint density at radius 1 is 0.472 bits per heavy atom. The van der Waals surface area contributed by atoms with Crippen molar-refractivity contribution in [2.45, 2.75) is 73.8 Å². The molecule has 3 aliphatic heterocycles. The summed E-state index contributed by atoms with van der Waals surface area (Å²) in [5.74, 6) is -3.45. The number of fused-ring (bicyclic) bond motifs is 1. The van der Waals surface area contributed by atoms with Gasteiger partial charge in [0.1, 0.15) is 36.5 Å². The summed E-state index contributed by atoms with van der Waals surface area (Å²) in [6.07, 6.45) is -13.7. The van der Waals surface area contributed by atoms with Crippen LogP contribution in [0.1, 0.15) is 70.6 Å². The second-order valence-electron chi connectivity index (χ2n) is 16.7. The van der Waals surface area contributed by atoms with Crippen LogP contribution in [0.2, 0.25) is 0 Å². The highest BCUT2D eigenvalue weighted by atomic mass is 32.2. The van der Waals surface area contributed by atoms with Gasteiger partial charge in [0.25, 0.3) is 0 Å². The number of esters is 5. The van der Waals surface area contributed by atoms with Crippen LogP contribution in [-0.4, -0.2) is 109 Å². The van der Waals surface area contributed by atoms with Crippen LogP contribution in [0.3, 0.4) is 0 Å². The molecule has 0 bridgehead atoms. The van der Waals surface area contributed by atoms with Crippen molar-refractivity contribution in [2.75, 3.05) is 19.0 Å². The largest absolute Gasteiger partial charge is 0.459 e. The van der Waals surface area contributed by atoms with E-state index in [9.17, 15) is 24.0 Å². The Morgan fingerprint density at radius 3 is 1.36 bits per heavy atom. The third-order valence-electron chi connectivity index (χ3n) is 12.0. The number of rotatable bonds is 16. The van der Waals surface area contributed by atoms with E-state index in [0.29, 0.717) is 11.3 Å². The standard InChI is InChI=1S/C56H50O15S/c1-2-72-56-48(69-53(61)39-29-17-7-18-30-39)46(67-51(59)37-25-13-5-14-26-37)44(42(65-56)33-62-49(57)35-21-9-3-10-22-35)71-55-47(68-52(60)38-27-15-6-16-28-38)45(66-50(58)36-23-11-4-12-24-36)43-41(64-55)34-63-54(70-43)40-31-19-8-20-32-40/h3-32,41-48,54-56H,2,33-34H2,1H3/t41-,42-,43+,44+,45?,46?,47?,48?,54?,55+,56+/m0/s1. The third kappa shape index (κ3) is 11.9. The number of ether oxygens (including phenoxy) is 10. The van der Waals surface area contributed by atoms with Gasteiger partial charge in [0.15, 0.2) is 37.0 Å². The maximum absolute atomic E-state index is 14.3. The van der Waals surface area contributed by atoms with Gasteiger partial charge in [-0.3, -0.25) is 0 Å². The summed E-state index contributed by atoms with van der Waals surface area (Å²) in [5, 5.41) is 0. The van der Waals surface area contributed by atoms with Gasteiger partial charge in [0.05, 0.1) is 34.4 Å². The molecule has 11 atom stereocenters. The van der Waals surface area contributed by atoms with Crippen LogP contribution in [0.4, 0.5) is 0 Å². The van der Waals surface area contributed by atoms with Crippen LogP contribution in [0.25, 0.3) is 0 Å². The van der Waals surface area contributed by atoms with E-state index in [1.54, 1.807) is 152 Å². The first kappa shape index (κ1) is 49.8. The van der Waals surface area contributed by atoms with Crippen LogP contribution in [0.5, 0.6) is 0 Å². The number of carbonyl (C=O) groups excluding carboxylic acids is 5. The number of benzene rings is 6. The zero-order valence-corrected chi connectivity index (χ0v) is 39.6. The Morgan fingerprint density at radius 2 is 0.889 bits per heavy atom. The fraction of sp³-hybridized carbons (Fsp3) is 0.268. The van der Waals surface area contributed by atoms with E-state index < -0.39 is 103 Å². The summed E-state index contributed by atoms with van der Waals surface area (Å²) in [6.45, 7) is 1.26. The lowest BCUT2D eigenvalue weighted by atomic mass is 9.95. The molecule has 9 rings (SSSR count). The minimum atomic E-state index is -1.70. The first-order valence-corrected chi connectivity index (χ1v) is 24.4. The molecule has 72 heavy (non-hydrogen) atoms. The molecule has 0 saturated carbocycles. The normalized spacial score (nSPS) is 25.7. The Bertz CT molecular complexity index is 2740. The Hall–Kier alpha value is -7.18. The van der Waals surface area contributed by atoms with Crippen LogP contribution in [0.15, 0.2) is 182 Å². The van der Waals surface area contributed by atoms with E-state index in [-0.39, 0.29) is 34.4 Å². The minimum absolute atomic E-state index is 0.124. The monoisotopic (exact) mass is 994 g/mol. The van der Waals surface area contributed by atoms with E-state index in [1.807, 2.05) is 37.3 Å².